The first-order valence-electron chi connectivity index (χ1n) is 10.7. The topological polar surface area (TPSA) is 79.4 Å². The largest absolute Gasteiger partial charge is 0.497 e. The summed E-state index contributed by atoms with van der Waals surface area (Å²) in [5.74, 6) is 0.855. The molecule has 174 valence electrons. The minimum absolute atomic E-state index is 0.0198. The van der Waals surface area contributed by atoms with Crippen molar-refractivity contribution in [2.24, 2.45) is 0 Å². The number of rotatable bonds is 8. The Bertz CT molecular complexity index is 1030. The molecule has 0 unspecified atom stereocenters. The third kappa shape index (κ3) is 4.83. The quantitative estimate of drug-likeness (QED) is 0.602. The van der Waals surface area contributed by atoms with Crippen LogP contribution in [0.3, 0.4) is 0 Å². The van der Waals surface area contributed by atoms with Crippen molar-refractivity contribution in [1.82, 2.24) is 9.21 Å². The molecular weight excluding hydrogens is 430 g/mol. The molecule has 0 N–H and O–H groups in total. The Kier molecular flexibility index (Phi) is 7.63. The van der Waals surface area contributed by atoms with E-state index in [1.165, 1.54) is 17.5 Å². The third-order valence-electron chi connectivity index (χ3n) is 5.74. The number of carbonyl (C=O) groups excluding carboxylic acids is 1. The first-order chi connectivity index (χ1) is 15.3. The van der Waals surface area contributed by atoms with E-state index < -0.39 is 10.0 Å². The number of carbonyl (C=O) groups is 1. The molecule has 3 rings (SSSR count). The van der Waals surface area contributed by atoms with Gasteiger partial charge in [0.2, 0.25) is 10.0 Å². The van der Waals surface area contributed by atoms with E-state index in [1.807, 2.05) is 24.3 Å². The summed E-state index contributed by atoms with van der Waals surface area (Å²) in [7, 11) is -0.699. The van der Waals surface area contributed by atoms with E-state index in [-0.39, 0.29) is 16.6 Å². The van der Waals surface area contributed by atoms with Gasteiger partial charge in [0.1, 0.15) is 16.4 Å². The predicted octanol–water partition coefficient (Wildman–Crippen LogP) is 2.70. The maximum Gasteiger partial charge on any atom is 0.254 e. The molecule has 1 aliphatic rings. The van der Waals surface area contributed by atoms with Crippen LogP contribution >= 0.6 is 0 Å². The molecule has 0 saturated carbocycles. The molecule has 9 heteroatoms. The lowest BCUT2D eigenvalue weighted by molar-refractivity contribution is 0.0746. The summed E-state index contributed by atoms with van der Waals surface area (Å²) in [5, 5.41) is 0. The number of hydrogen-bond acceptors (Lipinski definition) is 6. The Hall–Kier alpha value is -2.78. The van der Waals surface area contributed by atoms with Gasteiger partial charge in [0.05, 0.1) is 14.2 Å². The van der Waals surface area contributed by atoms with Crippen molar-refractivity contribution >= 4 is 21.6 Å². The number of nitrogens with zero attached hydrogens (tertiary/aromatic N) is 3. The molecule has 2 aromatic rings. The Morgan fingerprint density at radius 3 is 2.09 bits per heavy atom. The second-order valence-electron chi connectivity index (χ2n) is 7.43. The SMILES string of the molecule is CCN(CC)S(=O)(=O)c1cc(C(=O)N2CCN(c3ccc(OC)cc3)CC2)ccc1OC. The Morgan fingerprint density at radius 2 is 1.56 bits per heavy atom. The van der Waals surface area contributed by atoms with Crippen LogP contribution in [-0.4, -0.2) is 77.0 Å². The van der Waals surface area contributed by atoms with Crippen LogP contribution in [0.25, 0.3) is 0 Å². The molecular formula is C23H31N3O5S. The monoisotopic (exact) mass is 461 g/mol. The fourth-order valence-electron chi connectivity index (χ4n) is 3.86. The van der Waals surface area contributed by atoms with Crippen molar-refractivity contribution in [2.45, 2.75) is 18.7 Å². The van der Waals surface area contributed by atoms with Crippen LogP contribution in [-0.2, 0) is 10.0 Å². The molecule has 0 spiro atoms. The van der Waals surface area contributed by atoms with Crippen molar-refractivity contribution in [3.63, 3.8) is 0 Å². The highest BCUT2D eigenvalue weighted by atomic mass is 32.2. The summed E-state index contributed by atoms with van der Waals surface area (Å²) >= 11 is 0. The molecule has 1 fully saturated rings. The maximum atomic E-state index is 13.2. The summed E-state index contributed by atoms with van der Waals surface area (Å²) in [6.45, 7) is 6.73. The summed E-state index contributed by atoms with van der Waals surface area (Å²) in [5.41, 5.74) is 1.42. The second kappa shape index (κ2) is 10.2. The summed E-state index contributed by atoms with van der Waals surface area (Å²) in [6.07, 6.45) is 0. The first kappa shape index (κ1) is 23.9. The molecule has 1 saturated heterocycles. The van der Waals surface area contributed by atoms with E-state index in [0.29, 0.717) is 44.8 Å². The predicted molar refractivity (Wildman–Crippen MR) is 124 cm³/mol. The normalized spacial score (nSPS) is 14.5. The summed E-state index contributed by atoms with van der Waals surface area (Å²) in [4.78, 5) is 17.2. The zero-order valence-electron chi connectivity index (χ0n) is 19.1. The highest BCUT2D eigenvalue weighted by molar-refractivity contribution is 7.89. The van der Waals surface area contributed by atoms with E-state index in [1.54, 1.807) is 38.0 Å². The Labute approximate surface area is 190 Å². The van der Waals surface area contributed by atoms with Crippen LogP contribution in [0.2, 0.25) is 0 Å². The molecule has 1 amide bonds. The zero-order valence-corrected chi connectivity index (χ0v) is 19.9. The van der Waals surface area contributed by atoms with Gasteiger partial charge in [-0.25, -0.2) is 8.42 Å². The third-order valence-corrected chi connectivity index (χ3v) is 7.81. The van der Waals surface area contributed by atoms with Gasteiger partial charge in [0, 0.05) is 50.5 Å². The molecule has 32 heavy (non-hydrogen) atoms. The number of methoxy groups -OCH3 is 2. The van der Waals surface area contributed by atoms with Gasteiger partial charge in [-0.15, -0.1) is 0 Å². The van der Waals surface area contributed by atoms with E-state index in [2.05, 4.69) is 4.90 Å². The highest BCUT2D eigenvalue weighted by Gasteiger charge is 2.28. The lowest BCUT2D eigenvalue weighted by Gasteiger charge is -2.36. The Balaban J connectivity index is 1.77. The van der Waals surface area contributed by atoms with Gasteiger partial charge in [-0.3, -0.25) is 4.79 Å². The number of hydrogen-bond donors (Lipinski definition) is 0. The molecule has 0 aliphatic carbocycles. The van der Waals surface area contributed by atoms with Gasteiger partial charge < -0.3 is 19.3 Å². The van der Waals surface area contributed by atoms with Crippen molar-refractivity contribution in [3.05, 3.63) is 48.0 Å². The summed E-state index contributed by atoms with van der Waals surface area (Å²) in [6, 6.07) is 12.5. The van der Waals surface area contributed by atoms with E-state index in [0.717, 1.165) is 11.4 Å². The molecule has 8 nitrogen and oxygen atoms in total. The van der Waals surface area contributed by atoms with Gasteiger partial charge in [-0.1, -0.05) is 13.8 Å². The average Bonchev–Trinajstić information content (AvgIpc) is 2.84. The second-order valence-corrected chi connectivity index (χ2v) is 9.34. The molecule has 0 bridgehead atoms. The highest BCUT2D eigenvalue weighted by Crippen LogP contribution is 2.29. The van der Waals surface area contributed by atoms with Crippen molar-refractivity contribution in [3.8, 4) is 11.5 Å². The maximum absolute atomic E-state index is 13.2. The van der Waals surface area contributed by atoms with Gasteiger partial charge >= 0.3 is 0 Å². The van der Waals surface area contributed by atoms with Gasteiger partial charge in [0.15, 0.2) is 0 Å². The molecule has 1 aliphatic heterocycles. The molecule has 0 radical (unpaired) electrons. The van der Waals surface area contributed by atoms with Crippen molar-refractivity contribution in [2.75, 3.05) is 58.4 Å². The van der Waals surface area contributed by atoms with Gasteiger partial charge in [-0.2, -0.15) is 4.31 Å². The lowest BCUT2D eigenvalue weighted by atomic mass is 10.1. The molecule has 0 aromatic heterocycles. The van der Waals surface area contributed by atoms with E-state index in [4.69, 9.17) is 9.47 Å². The fourth-order valence-corrected chi connectivity index (χ4v) is 5.50. The number of ether oxygens (including phenoxy) is 2. The standard InChI is InChI=1S/C23H31N3O5S/c1-5-26(6-2)32(28,29)22-17-18(7-12-21(22)31-4)23(27)25-15-13-24(14-16-25)19-8-10-20(30-3)11-9-19/h7-12,17H,5-6,13-16H2,1-4H3. The molecule has 1 heterocycles. The smallest absolute Gasteiger partial charge is 0.254 e. The van der Waals surface area contributed by atoms with Crippen LogP contribution < -0.4 is 14.4 Å². The van der Waals surface area contributed by atoms with Gasteiger partial charge in [-0.05, 0) is 42.5 Å². The van der Waals surface area contributed by atoms with Crippen molar-refractivity contribution < 1.29 is 22.7 Å². The number of piperazine rings is 1. The first-order valence-corrected chi connectivity index (χ1v) is 12.2. The number of amides is 1. The van der Waals surface area contributed by atoms with E-state index in [9.17, 15) is 13.2 Å². The number of benzene rings is 2. The van der Waals surface area contributed by atoms with Gasteiger partial charge in [0.25, 0.3) is 5.91 Å². The fraction of sp³-hybridized carbons (Fsp3) is 0.435. The van der Waals surface area contributed by atoms with Crippen LogP contribution in [0.1, 0.15) is 24.2 Å². The Morgan fingerprint density at radius 1 is 0.938 bits per heavy atom. The number of anilines is 1. The van der Waals surface area contributed by atoms with Crippen LogP contribution in [0, 0.1) is 0 Å². The minimum atomic E-state index is -3.76. The van der Waals surface area contributed by atoms with E-state index >= 15 is 0 Å². The van der Waals surface area contributed by atoms with Crippen molar-refractivity contribution in [1.29, 1.82) is 0 Å². The minimum Gasteiger partial charge on any atom is -0.497 e. The van der Waals surface area contributed by atoms with Crippen LogP contribution in [0.4, 0.5) is 5.69 Å². The average molecular weight is 462 g/mol. The zero-order chi connectivity index (χ0) is 23.3. The lowest BCUT2D eigenvalue weighted by Crippen LogP contribution is -2.48. The summed E-state index contributed by atoms with van der Waals surface area (Å²) < 4.78 is 38.0. The van der Waals surface area contributed by atoms with Crippen LogP contribution in [0.15, 0.2) is 47.4 Å². The number of sulfonamides is 1. The molecule has 0 atom stereocenters. The molecule has 2 aromatic carbocycles. The van der Waals surface area contributed by atoms with Crippen LogP contribution in [0.5, 0.6) is 11.5 Å².